The Bertz CT molecular complexity index is 971. The molecule has 0 aromatic heterocycles. The molecule has 3 N–H and O–H groups in total. The summed E-state index contributed by atoms with van der Waals surface area (Å²) in [7, 11) is 1.37. The van der Waals surface area contributed by atoms with Crippen LogP contribution in [0.15, 0.2) is 60.2 Å². The zero-order chi connectivity index (χ0) is 22.8. The van der Waals surface area contributed by atoms with Crippen LogP contribution in [0.5, 0.6) is 0 Å². The second-order valence-electron chi connectivity index (χ2n) is 7.04. The average Bonchev–Trinajstić information content (AvgIpc) is 2.76. The van der Waals surface area contributed by atoms with Gasteiger partial charge in [0.1, 0.15) is 18.2 Å². The molecule has 0 aliphatic carbocycles. The first kappa shape index (κ1) is 23.7. The van der Waals surface area contributed by atoms with Gasteiger partial charge in [-0.2, -0.15) is 5.26 Å². The van der Waals surface area contributed by atoms with Crippen molar-refractivity contribution in [2.24, 2.45) is 0 Å². The van der Waals surface area contributed by atoms with Crippen molar-refractivity contribution in [2.45, 2.75) is 19.0 Å². The molecule has 9 heteroatoms. The molecule has 1 atom stereocenters. The van der Waals surface area contributed by atoms with Crippen molar-refractivity contribution in [1.82, 2.24) is 10.2 Å². The number of alkyl carbamates (subject to hydrolysis) is 1. The lowest BCUT2D eigenvalue weighted by Gasteiger charge is -2.17. The zero-order valence-electron chi connectivity index (χ0n) is 17.4. The van der Waals surface area contributed by atoms with Crippen LogP contribution < -0.4 is 5.32 Å². The second kappa shape index (κ2) is 11.5. The monoisotopic (exact) mass is 421 g/mol. The number of nitrogens with zero attached hydrogens (tertiary/aromatic N) is 2. The Labute approximate surface area is 181 Å². The third-order valence-electron chi connectivity index (χ3n) is 4.35. The van der Waals surface area contributed by atoms with E-state index in [1.165, 1.54) is 11.0 Å². The molecule has 0 heterocycles. The van der Waals surface area contributed by atoms with Gasteiger partial charge in [-0.1, -0.05) is 48.5 Å². The molecule has 2 amide bonds. The lowest BCUT2D eigenvalue weighted by atomic mass is 9.76. The fraction of sp³-hybridized carbons (Fsp3) is 0.227. The van der Waals surface area contributed by atoms with Crippen molar-refractivity contribution in [2.75, 3.05) is 14.1 Å². The number of likely N-dealkylation sites (N-methyl/N-ethyl adjacent to an activating group) is 1. The van der Waals surface area contributed by atoms with E-state index in [0.717, 1.165) is 5.56 Å². The first-order valence-corrected chi connectivity index (χ1v) is 9.56. The van der Waals surface area contributed by atoms with Crippen LogP contribution in [0.4, 0.5) is 4.79 Å². The third kappa shape index (κ3) is 7.62. The number of hydrogen-bond donors (Lipinski definition) is 3. The molecule has 160 valence electrons. The number of carbonyl (C=O) groups excluding carboxylic acids is 2. The van der Waals surface area contributed by atoms with Crippen LogP contribution in [0.3, 0.4) is 0 Å². The number of ether oxygens (including phenoxy) is 1. The number of benzene rings is 2. The van der Waals surface area contributed by atoms with Crippen LogP contribution in [-0.2, 0) is 22.6 Å². The molecule has 0 aliphatic rings. The van der Waals surface area contributed by atoms with Crippen molar-refractivity contribution in [1.29, 1.82) is 5.26 Å². The fourth-order valence-corrected chi connectivity index (χ4v) is 2.76. The van der Waals surface area contributed by atoms with Gasteiger partial charge in [0.15, 0.2) is 0 Å². The molecule has 31 heavy (non-hydrogen) atoms. The van der Waals surface area contributed by atoms with Crippen LogP contribution in [-0.4, -0.2) is 54.1 Å². The lowest BCUT2D eigenvalue weighted by Crippen LogP contribution is -2.48. The molecule has 0 aliphatic heterocycles. The summed E-state index contributed by atoms with van der Waals surface area (Å²) in [4.78, 5) is 25.4. The predicted octanol–water partition coefficient (Wildman–Crippen LogP) is 1.53. The van der Waals surface area contributed by atoms with Crippen molar-refractivity contribution in [3.63, 3.8) is 0 Å². The summed E-state index contributed by atoms with van der Waals surface area (Å²) in [6, 6.07) is 17.9. The first-order valence-electron chi connectivity index (χ1n) is 9.56. The van der Waals surface area contributed by atoms with E-state index < -0.39 is 25.1 Å². The molecule has 0 unspecified atom stereocenters. The minimum Gasteiger partial charge on any atom is -0.445 e. The minimum atomic E-state index is -1.75. The van der Waals surface area contributed by atoms with Crippen LogP contribution in [0.1, 0.15) is 16.7 Å². The molecule has 0 saturated carbocycles. The highest BCUT2D eigenvalue weighted by Crippen LogP contribution is 2.12. The van der Waals surface area contributed by atoms with Gasteiger partial charge in [-0.15, -0.1) is 0 Å². The Hall–Kier alpha value is -3.61. The minimum absolute atomic E-state index is 0.0125. The maximum absolute atomic E-state index is 12.1. The van der Waals surface area contributed by atoms with Gasteiger partial charge in [-0.3, -0.25) is 4.79 Å². The van der Waals surface area contributed by atoms with E-state index in [4.69, 9.17) is 4.74 Å². The summed E-state index contributed by atoms with van der Waals surface area (Å²) >= 11 is 0. The lowest BCUT2D eigenvalue weighted by molar-refractivity contribution is -0.124. The van der Waals surface area contributed by atoms with Gasteiger partial charge >= 0.3 is 13.2 Å². The highest BCUT2D eigenvalue weighted by atomic mass is 16.5. The van der Waals surface area contributed by atoms with Crippen LogP contribution >= 0.6 is 0 Å². The van der Waals surface area contributed by atoms with E-state index in [9.17, 15) is 24.9 Å². The SMILES string of the molecule is CN(C)C(=O)C(C#N)=Cc1cccc(COC(=O)N[C@@H](Cc2ccccc2)B(O)O)c1. The summed E-state index contributed by atoms with van der Waals surface area (Å²) in [5.74, 6) is -1.34. The molecule has 0 bridgehead atoms. The molecule has 2 aromatic rings. The van der Waals surface area contributed by atoms with Gasteiger partial charge in [0.05, 0.1) is 5.94 Å². The van der Waals surface area contributed by atoms with Gasteiger partial charge < -0.3 is 25.0 Å². The van der Waals surface area contributed by atoms with Gasteiger partial charge in [-0.05, 0) is 35.3 Å². The topological polar surface area (TPSA) is 123 Å². The normalized spacial score (nSPS) is 11.8. The maximum Gasteiger partial charge on any atom is 0.475 e. The van der Waals surface area contributed by atoms with E-state index in [0.29, 0.717) is 11.1 Å². The van der Waals surface area contributed by atoms with Crippen LogP contribution in [0.25, 0.3) is 6.08 Å². The van der Waals surface area contributed by atoms with Crippen LogP contribution in [0, 0.1) is 11.3 Å². The maximum atomic E-state index is 12.1. The average molecular weight is 421 g/mol. The summed E-state index contributed by atoms with van der Waals surface area (Å²) in [5, 5.41) is 30.8. The first-order chi connectivity index (χ1) is 14.8. The van der Waals surface area contributed by atoms with E-state index in [1.54, 1.807) is 38.4 Å². The molecule has 2 aromatic carbocycles. The quantitative estimate of drug-likeness (QED) is 0.338. The van der Waals surface area contributed by atoms with Crippen LogP contribution in [0.2, 0.25) is 0 Å². The summed E-state index contributed by atoms with van der Waals surface area (Å²) in [5.41, 5.74) is 2.08. The molecule has 2 rings (SSSR count). The van der Waals surface area contributed by atoms with Crippen molar-refractivity contribution >= 4 is 25.2 Å². The number of hydrogen-bond acceptors (Lipinski definition) is 6. The number of carbonyl (C=O) groups is 2. The summed E-state index contributed by atoms with van der Waals surface area (Å²) in [6.07, 6.45) is 0.893. The summed E-state index contributed by atoms with van der Waals surface area (Å²) in [6.45, 7) is -0.0728. The number of amides is 2. The molecule has 0 spiro atoms. The largest absolute Gasteiger partial charge is 0.475 e. The highest BCUT2D eigenvalue weighted by molar-refractivity contribution is 6.43. The Morgan fingerprint density at radius 1 is 1.16 bits per heavy atom. The second-order valence-corrected chi connectivity index (χ2v) is 7.04. The van der Waals surface area contributed by atoms with Gasteiger partial charge in [0.25, 0.3) is 5.91 Å². The molecule has 0 radical (unpaired) electrons. The molecular formula is C22H24BN3O5. The van der Waals surface area contributed by atoms with Gasteiger partial charge in [-0.25, -0.2) is 4.79 Å². The zero-order valence-corrected chi connectivity index (χ0v) is 17.4. The fourth-order valence-electron chi connectivity index (χ4n) is 2.76. The van der Waals surface area contributed by atoms with E-state index >= 15 is 0 Å². The van der Waals surface area contributed by atoms with Gasteiger partial charge in [0, 0.05) is 14.1 Å². The Morgan fingerprint density at radius 2 is 1.84 bits per heavy atom. The standard InChI is InChI=1S/C22H24BN3O5/c1-26(2)21(27)19(14-24)12-17-9-6-10-18(11-17)15-31-22(28)25-20(23(29)30)13-16-7-4-3-5-8-16/h3-12,20,29-30H,13,15H2,1-2H3,(H,25,28)/t20-/m0/s1. The Balaban J connectivity index is 1.99. The van der Waals surface area contributed by atoms with E-state index in [1.807, 2.05) is 36.4 Å². The van der Waals surface area contributed by atoms with E-state index in [-0.39, 0.29) is 18.6 Å². The number of nitrogens with one attached hydrogen (secondary N) is 1. The molecule has 0 fully saturated rings. The molecule has 0 saturated heterocycles. The smallest absolute Gasteiger partial charge is 0.445 e. The Kier molecular flexibility index (Phi) is 8.82. The molecule has 8 nitrogen and oxygen atoms in total. The predicted molar refractivity (Wildman–Crippen MR) is 116 cm³/mol. The number of nitriles is 1. The van der Waals surface area contributed by atoms with Gasteiger partial charge in [0.2, 0.25) is 0 Å². The Morgan fingerprint density at radius 3 is 2.45 bits per heavy atom. The van der Waals surface area contributed by atoms with Crippen molar-refractivity contribution in [3.05, 3.63) is 76.9 Å². The van der Waals surface area contributed by atoms with Crippen molar-refractivity contribution in [3.8, 4) is 6.07 Å². The number of rotatable bonds is 8. The van der Waals surface area contributed by atoms with Crippen molar-refractivity contribution < 1.29 is 24.4 Å². The third-order valence-corrected chi connectivity index (χ3v) is 4.35. The van der Waals surface area contributed by atoms with E-state index in [2.05, 4.69) is 5.32 Å². The highest BCUT2D eigenvalue weighted by Gasteiger charge is 2.26. The molecular weight excluding hydrogens is 397 g/mol. The summed E-state index contributed by atoms with van der Waals surface area (Å²) < 4.78 is 5.19.